The van der Waals surface area contributed by atoms with Gasteiger partial charge in [-0.15, -0.1) is 10.2 Å². The van der Waals surface area contributed by atoms with E-state index in [0.29, 0.717) is 6.61 Å². The molecule has 1 aliphatic rings. The van der Waals surface area contributed by atoms with Crippen LogP contribution in [-0.2, 0) is 20.2 Å². The summed E-state index contributed by atoms with van der Waals surface area (Å²) < 4.78 is 7.74. The summed E-state index contributed by atoms with van der Waals surface area (Å²) >= 11 is 0. The Kier molecular flexibility index (Phi) is 3.69. The number of hydrogen-bond acceptors (Lipinski definition) is 4. The summed E-state index contributed by atoms with van der Waals surface area (Å²) in [6, 6.07) is 8.93. The first-order valence-electron chi connectivity index (χ1n) is 7.02. The van der Waals surface area contributed by atoms with Gasteiger partial charge in [0.1, 0.15) is 18.2 Å². The minimum Gasteiger partial charge on any atom is -0.486 e. The van der Waals surface area contributed by atoms with Crippen molar-refractivity contribution in [3.63, 3.8) is 0 Å². The Labute approximate surface area is 119 Å². The largest absolute Gasteiger partial charge is 0.486 e. The van der Waals surface area contributed by atoms with E-state index in [-0.39, 0.29) is 0 Å². The van der Waals surface area contributed by atoms with Gasteiger partial charge in [0.05, 0.1) is 0 Å². The molecular formula is C15H20N4O. The smallest absolute Gasteiger partial charge is 0.170 e. The van der Waals surface area contributed by atoms with Crippen molar-refractivity contribution in [1.82, 2.24) is 20.1 Å². The molecule has 1 saturated carbocycles. The van der Waals surface area contributed by atoms with Crippen LogP contribution in [0.3, 0.4) is 0 Å². The van der Waals surface area contributed by atoms with Gasteiger partial charge in [-0.1, -0.05) is 12.1 Å². The summed E-state index contributed by atoms with van der Waals surface area (Å²) in [5, 5.41) is 11.6. The highest BCUT2D eigenvalue weighted by Crippen LogP contribution is 2.20. The SMILES string of the molecule is Cc1nnc(COc2cccc(CNC3CC3)c2)n1C. The average molecular weight is 272 g/mol. The van der Waals surface area contributed by atoms with Crippen LogP contribution in [0.1, 0.15) is 30.1 Å². The molecule has 3 rings (SSSR count). The molecule has 0 spiro atoms. The molecule has 0 amide bonds. The Morgan fingerprint density at radius 1 is 1.35 bits per heavy atom. The van der Waals surface area contributed by atoms with Gasteiger partial charge < -0.3 is 14.6 Å². The molecule has 1 fully saturated rings. The second-order valence-corrected chi connectivity index (χ2v) is 5.31. The zero-order chi connectivity index (χ0) is 13.9. The van der Waals surface area contributed by atoms with Crippen LogP contribution < -0.4 is 10.1 Å². The van der Waals surface area contributed by atoms with Crippen molar-refractivity contribution in [3.05, 3.63) is 41.5 Å². The zero-order valence-corrected chi connectivity index (χ0v) is 12.0. The van der Waals surface area contributed by atoms with Crippen LogP contribution >= 0.6 is 0 Å². The van der Waals surface area contributed by atoms with Crippen molar-refractivity contribution in [1.29, 1.82) is 0 Å². The fourth-order valence-corrected chi connectivity index (χ4v) is 2.02. The Morgan fingerprint density at radius 2 is 2.20 bits per heavy atom. The van der Waals surface area contributed by atoms with Gasteiger partial charge in [-0.05, 0) is 37.5 Å². The maximum Gasteiger partial charge on any atom is 0.170 e. The molecule has 0 aliphatic heterocycles. The van der Waals surface area contributed by atoms with Gasteiger partial charge in [-0.25, -0.2) is 0 Å². The molecule has 1 heterocycles. The molecule has 1 aromatic heterocycles. The molecule has 5 heteroatoms. The first-order valence-corrected chi connectivity index (χ1v) is 7.02. The van der Waals surface area contributed by atoms with Gasteiger partial charge in [0.15, 0.2) is 5.82 Å². The third-order valence-corrected chi connectivity index (χ3v) is 3.62. The Balaban J connectivity index is 1.58. The number of benzene rings is 1. The van der Waals surface area contributed by atoms with Gasteiger partial charge >= 0.3 is 0 Å². The number of aryl methyl sites for hydroxylation is 1. The van der Waals surface area contributed by atoms with E-state index in [2.05, 4.69) is 27.6 Å². The lowest BCUT2D eigenvalue weighted by molar-refractivity contribution is 0.290. The van der Waals surface area contributed by atoms with E-state index in [0.717, 1.165) is 30.0 Å². The monoisotopic (exact) mass is 272 g/mol. The van der Waals surface area contributed by atoms with Crippen LogP contribution in [0.2, 0.25) is 0 Å². The highest BCUT2D eigenvalue weighted by Gasteiger charge is 2.19. The van der Waals surface area contributed by atoms with E-state index in [1.165, 1.54) is 18.4 Å². The summed E-state index contributed by atoms with van der Waals surface area (Å²) in [6.45, 7) is 3.28. The number of hydrogen-bond donors (Lipinski definition) is 1. The quantitative estimate of drug-likeness (QED) is 0.873. The van der Waals surface area contributed by atoms with Crippen LogP contribution in [0.5, 0.6) is 5.75 Å². The summed E-state index contributed by atoms with van der Waals surface area (Å²) in [7, 11) is 1.95. The second kappa shape index (κ2) is 5.63. The molecule has 1 aliphatic carbocycles. The zero-order valence-electron chi connectivity index (χ0n) is 12.0. The summed E-state index contributed by atoms with van der Waals surface area (Å²) in [5.41, 5.74) is 1.25. The summed E-state index contributed by atoms with van der Waals surface area (Å²) in [6.07, 6.45) is 2.61. The average Bonchev–Trinajstić information content (AvgIpc) is 3.24. The van der Waals surface area contributed by atoms with Crippen LogP contribution in [0.25, 0.3) is 0 Å². The normalized spacial score (nSPS) is 14.5. The van der Waals surface area contributed by atoms with E-state index >= 15 is 0 Å². The lowest BCUT2D eigenvalue weighted by Crippen LogP contribution is -2.15. The van der Waals surface area contributed by atoms with Crippen molar-refractivity contribution in [2.24, 2.45) is 7.05 Å². The fraction of sp³-hybridized carbons (Fsp3) is 0.467. The Morgan fingerprint density at radius 3 is 2.90 bits per heavy atom. The standard InChI is InChI=1S/C15H20N4O/c1-11-17-18-15(19(11)2)10-20-14-5-3-4-12(8-14)9-16-13-6-7-13/h3-5,8,13,16H,6-7,9-10H2,1-2H3. The van der Waals surface area contributed by atoms with Crippen LogP contribution in [0.15, 0.2) is 24.3 Å². The first kappa shape index (κ1) is 13.1. The molecular weight excluding hydrogens is 252 g/mol. The number of ether oxygens (including phenoxy) is 1. The maximum atomic E-state index is 5.80. The highest BCUT2D eigenvalue weighted by molar-refractivity contribution is 5.28. The van der Waals surface area contributed by atoms with Crippen molar-refractivity contribution in [2.75, 3.05) is 0 Å². The lowest BCUT2D eigenvalue weighted by atomic mass is 10.2. The van der Waals surface area contributed by atoms with Gasteiger partial charge in [0.25, 0.3) is 0 Å². The second-order valence-electron chi connectivity index (χ2n) is 5.31. The predicted molar refractivity (Wildman–Crippen MR) is 76.4 cm³/mol. The van der Waals surface area contributed by atoms with Gasteiger partial charge in [0, 0.05) is 19.6 Å². The topological polar surface area (TPSA) is 52.0 Å². The van der Waals surface area contributed by atoms with E-state index in [1.54, 1.807) is 0 Å². The number of rotatable bonds is 6. The molecule has 0 atom stereocenters. The van der Waals surface area contributed by atoms with Gasteiger partial charge in [-0.2, -0.15) is 0 Å². The molecule has 0 radical (unpaired) electrons. The van der Waals surface area contributed by atoms with E-state index < -0.39 is 0 Å². The van der Waals surface area contributed by atoms with Crippen LogP contribution in [-0.4, -0.2) is 20.8 Å². The number of nitrogens with zero attached hydrogens (tertiary/aromatic N) is 3. The number of nitrogens with one attached hydrogen (secondary N) is 1. The van der Waals surface area contributed by atoms with Crippen molar-refractivity contribution in [2.45, 2.75) is 39.0 Å². The third-order valence-electron chi connectivity index (χ3n) is 3.62. The van der Waals surface area contributed by atoms with Gasteiger partial charge in [-0.3, -0.25) is 0 Å². The highest BCUT2D eigenvalue weighted by atomic mass is 16.5. The maximum absolute atomic E-state index is 5.80. The molecule has 2 aromatic rings. The minimum atomic E-state index is 0.441. The molecule has 0 saturated heterocycles. The third kappa shape index (κ3) is 3.17. The molecule has 1 N–H and O–H groups in total. The first-order chi connectivity index (χ1) is 9.72. The van der Waals surface area contributed by atoms with E-state index in [4.69, 9.17) is 4.74 Å². The Bertz CT molecular complexity index is 589. The molecule has 5 nitrogen and oxygen atoms in total. The lowest BCUT2D eigenvalue weighted by Gasteiger charge is -2.08. The van der Waals surface area contributed by atoms with E-state index in [1.807, 2.05) is 30.7 Å². The Hall–Kier alpha value is -1.88. The van der Waals surface area contributed by atoms with Crippen molar-refractivity contribution < 1.29 is 4.74 Å². The van der Waals surface area contributed by atoms with Crippen molar-refractivity contribution in [3.8, 4) is 5.75 Å². The number of aromatic nitrogens is 3. The molecule has 0 unspecified atom stereocenters. The molecule has 1 aromatic carbocycles. The van der Waals surface area contributed by atoms with Crippen molar-refractivity contribution >= 4 is 0 Å². The summed E-state index contributed by atoms with van der Waals surface area (Å²) in [4.78, 5) is 0. The van der Waals surface area contributed by atoms with Crippen LogP contribution in [0, 0.1) is 6.92 Å². The van der Waals surface area contributed by atoms with E-state index in [9.17, 15) is 0 Å². The van der Waals surface area contributed by atoms with Gasteiger partial charge in [0.2, 0.25) is 0 Å². The minimum absolute atomic E-state index is 0.441. The summed E-state index contributed by atoms with van der Waals surface area (Å²) in [5.74, 6) is 2.61. The predicted octanol–water partition coefficient (Wildman–Crippen LogP) is 1.95. The fourth-order valence-electron chi connectivity index (χ4n) is 2.02. The molecule has 0 bridgehead atoms. The van der Waals surface area contributed by atoms with Crippen LogP contribution in [0.4, 0.5) is 0 Å². The molecule has 20 heavy (non-hydrogen) atoms. The molecule has 106 valence electrons.